The molecule has 0 aliphatic heterocycles. The highest BCUT2D eigenvalue weighted by atomic mass is 16.3. The van der Waals surface area contributed by atoms with Gasteiger partial charge in [0.1, 0.15) is 0 Å². The minimum atomic E-state index is -0.484. The number of rotatable bonds is 6. The lowest BCUT2D eigenvalue weighted by atomic mass is 9.70. The summed E-state index contributed by atoms with van der Waals surface area (Å²) in [6.07, 6.45) is 13.1. The van der Waals surface area contributed by atoms with Gasteiger partial charge in [-0.05, 0) is 53.5 Å². The summed E-state index contributed by atoms with van der Waals surface area (Å²) in [5, 5.41) is 10.8. The van der Waals surface area contributed by atoms with Gasteiger partial charge in [0.05, 0.1) is 6.10 Å². The van der Waals surface area contributed by atoms with E-state index in [1.165, 1.54) is 0 Å². The van der Waals surface area contributed by atoms with E-state index in [9.17, 15) is 5.11 Å². The van der Waals surface area contributed by atoms with Gasteiger partial charge in [0.2, 0.25) is 0 Å². The Bertz CT molecular complexity index is 717. The Labute approximate surface area is 158 Å². The molecule has 0 aromatic heterocycles. The molecule has 2 aliphatic carbocycles. The Morgan fingerprint density at radius 2 is 1.31 bits per heavy atom. The maximum Gasteiger partial charge on any atom is 0.0887 e. The largest absolute Gasteiger partial charge is 0.387 e. The van der Waals surface area contributed by atoms with E-state index in [-0.39, 0.29) is 11.3 Å². The van der Waals surface area contributed by atoms with Gasteiger partial charge >= 0.3 is 0 Å². The molecule has 0 saturated carbocycles. The van der Waals surface area contributed by atoms with Gasteiger partial charge in [-0.3, -0.25) is 0 Å². The lowest BCUT2D eigenvalue weighted by molar-refractivity contribution is 0.149. The molecule has 0 fully saturated rings. The molecule has 1 nitrogen and oxygen atoms in total. The second-order valence-electron chi connectivity index (χ2n) is 7.35. The number of allylic oxidation sites excluding steroid dienone is 6. The van der Waals surface area contributed by atoms with Crippen LogP contribution in [0, 0.1) is 11.3 Å². The van der Waals surface area contributed by atoms with Gasteiger partial charge in [0, 0.05) is 11.3 Å². The zero-order valence-corrected chi connectivity index (χ0v) is 16.6. The van der Waals surface area contributed by atoms with E-state index in [1.807, 2.05) is 30.3 Å². The summed E-state index contributed by atoms with van der Waals surface area (Å²) in [5.74, 6) is 0.0370. The number of aliphatic hydroxyl groups excluding tert-OH is 1. The average molecular weight is 349 g/mol. The Hall–Kier alpha value is -1.86. The number of benzene rings is 1. The maximum atomic E-state index is 10.8. The molecule has 138 valence electrons. The first-order valence-corrected chi connectivity index (χ1v) is 10.2. The second-order valence-corrected chi connectivity index (χ2v) is 7.35. The first kappa shape index (κ1) is 18.9. The van der Waals surface area contributed by atoms with Crippen LogP contribution < -0.4 is 0 Å². The highest BCUT2D eigenvalue weighted by Gasteiger charge is 2.41. The molecule has 1 unspecified atom stereocenters. The van der Waals surface area contributed by atoms with Crippen molar-refractivity contribution < 1.29 is 5.11 Å². The minimum absolute atomic E-state index is 0.0370. The van der Waals surface area contributed by atoms with E-state index in [1.54, 1.807) is 22.3 Å². The predicted molar refractivity (Wildman–Crippen MR) is 111 cm³/mol. The van der Waals surface area contributed by atoms with E-state index < -0.39 is 6.10 Å². The monoisotopic (exact) mass is 348 g/mol. The van der Waals surface area contributed by atoms with Crippen LogP contribution >= 0.6 is 0 Å². The Morgan fingerprint density at radius 1 is 0.808 bits per heavy atom. The zero-order chi connectivity index (χ0) is 18.7. The number of hydrogen-bond donors (Lipinski definition) is 1. The molecule has 1 aromatic carbocycles. The Morgan fingerprint density at radius 3 is 1.73 bits per heavy atom. The molecule has 26 heavy (non-hydrogen) atoms. The summed E-state index contributed by atoms with van der Waals surface area (Å²) in [7, 11) is 0. The maximum absolute atomic E-state index is 10.8. The molecular formula is C25H32O. The molecule has 0 heterocycles. The van der Waals surface area contributed by atoms with Crippen LogP contribution in [0.25, 0.3) is 0 Å². The lowest BCUT2D eigenvalue weighted by Crippen LogP contribution is -2.23. The van der Waals surface area contributed by atoms with Crippen molar-refractivity contribution in [3.63, 3.8) is 0 Å². The fraction of sp³-hybridized carbons (Fsp3) is 0.440. The van der Waals surface area contributed by atoms with Crippen molar-refractivity contribution >= 4 is 0 Å². The van der Waals surface area contributed by atoms with Crippen molar-refractivity contribution in [2.45, 2.75) is 59.5 Å². The quantitative estimate of drug-likeness (QED) is 0.567. The lowest BCUT2D eigenvalue weighted by Gasteiger charge is -2.34. The normalized spacial score (nSPS) is 20.5. The highest BCUT2D eigenvalue weighted by molar-refractivity contribution is 5.60. The smallest absolute Gasteiger partial charge is 0.0887 e. The summed E-state index contributed by atoms with van der Waals surface area (Å²) in [6, 6.07) is 9.98. The third-order valence-electron chi connectivity index (χ3n) is 6.17. The zero-order valence-electron chi connectivity index (χ0n) is 16.6. The van der Waals surface area contributed by atoms with Crippen molar-refractivity contribution in [2.24, 2.45) is 11.3 Å². The molecule has 1 atom stereocenters. The van der Waals surface area contributed by atoms with Crippen molar-refractivity contribution in [1.82, 2.24) is 0 Å². The third-order valence-corrected chi connectivity index (χ3v) is 6.17. The number of aliphatic hydroxyl groups is 1. The molecular weight excluding hydrogens is 316 g/mol. The Balaban J connectivity index is 1.98. The molecule has 1 spiro atoms. The van der Waals surface area contributed by atoms with Crippen molar-refractivity contribution in [1.29, 1.82) is 0 Å². The van der Waals surface area contributed by atoms with Crippen LogP contribution in [0.3, 0.4) is 0 Å². The van der Waals surface area contributed by atoms with Crippen LogP contribution in [0.2, 0.25) is 0 Å². The van der Waals surface area contributed by atoms with Crippen LogP contribution in [0.1, 0.15) is 65.0 Å². The van der Waals surface area contributed by atoms with Crippen LogP contribution in [0.4, 0.5) is 0 Å². The predicted octanol–water partition coefficient (Wildman–Crippen LogP) is 6.70. The molecule has 3 rings (SSSR count). The average Bonchev–Trinajstić information content (AvgIpc) is 2.96. The van der Waals surface area contributed by atoms with Gasteiger partial charge in [-0.2, -0.15) is 0 Å². The molecule has 1 heteroatoms. The van der Waals surface area contributed by atoms with Gasteiger partial charge in [-0.1, -0.05) is 82.3 Å². The summed E-state index contributed by atoms with van der Waals surface area (Å²) in [4.78, 5) is 0. The molecule has 1 aromatic rings. The van der Waals surface area contributed by atoms with E-state index in [0.717, 1.165) is 31.2 Å². The van der Waals surface area contributed by atoms with Crippen LogP contribution in [0.5, 0.6) is 0 Å². The molecule has 0 saturated heterocycles. The van der Waals surface area contributed by atoms with E-state index >= 15 is 0 Å². The number of hydrogen-bond acceptors (Lipinski definition) is 1. The molecule has 1 N–H and O–H groups in total. The van der Waals surface area contributed by atoms with E-state index in [4.69, 9.17) is 0 Å². The third kappa shape index (κ3) is 2.93. The van der Waals surface area contributed by atoms with Gasteiger partial charge in [0.25, 0.3) is 0 Å². The summed E-state index contributed by atoms with van der Waals surface area (Å²) >= 11 is 0. The summed E-state index contributed by atoms with van der Waals surface area (Å²) < 4.78 is 0. The fourth-order valence-corrected chi connectivity index (χ4v) is 5.04. The molecule has 2 aliphatic rings. The van der Waals surface area contributed by atoms with Crippen LogP contribution in [-0.4, -0.2) is 5.11 Å². The molecule has 0 amide bonds. The minimum Gasteiger partial charge on any atom is -0.387 e. The van der Waals surface area contributed by atoms with E-state index in [0.29, 0.717) is 0 Å². The van der Waals surface area contributed by atoms with Crippen molar-refractivity contribution in [2.75, 3.05) is 0 Å². The Kier molecular flexibility index (Phi) is 5.67. The topological polar surface area (TPSA) is 20.2 Å². The van der Waals surface area contributed by atoms with Gasteiger partial charge in [-0.25, -0.2) is 0 Å². The fourth-order valence-electron chi connectivity index (χ4n) is 5.04. The standard InChI is InChI=1S/C25H32O/c1-5-20-21(6-2)23(8-4)25(22(20)7-3)16-14-19(15-17-25)24(26)18-12-10-9-11-13-18/h9-17,19,24,26H,5-8H2,1-4H3. The summed E-state index contributed by atoms with van der Waals surface area (Å²) in [6.45, 7) is 9.13. The van der Waals surface area contributed by atoms with Gasteiger partial charge in [-0.15, -0.1) is 0 Å². The highest BCUT2D eigenvalue weighted by Crippen LogP contribution is 2.55. The molecule has 0 radical (unpaired) electrons. The van der Waals surface area contributed by atoms with Gasteiger partial charge < -0.3 is 5.11 Å². The van der Waals surface area contributed by atoms with Crippen molar-refractivity contribution in [3.05, 3.63) is 82.5 Å². The van der Waals surface area contributed by atoms with E-state index in [2.05, 4.69) is 52.0 Å². The molecule has 0 bridgehead atoms. The second kappa shape index (κ2) is 7.80. The first-order chi connectivity index (χ1) is 12.6. The SMILES string of the molecule is CCC1=C(CC)C2(C=CC(C(O)c3ccccc3)C=C2)C(CC)=C1CC. The van der Waals surface area contributed by atoms with Crippen LogP contribution in [-0.2, 0) is 0 Å². The first-order valence-electron chi connectivity index (χ1n) is 10.2. The van der Waals surface area contributed by atoms with Crippen LogP contribution in [0.15, 0.2) is 76.9 Å². The van der Waals surface area contributed by atoms with Gasteiger partial charge in [0.15, 0.2) is 0 Å². The summed E-state index contributed by atoms with van der Waals surface area (Å²) in [5.41, 5.74) is 7.21. The van der Waals surface area contributed by atoms with Crippen molar-refractivity contribution in [3.8, 4) is 0 Å².